The molecular formula is C11H7N4O7S-. The van der Waals surface area contributed by atoms with E-state index in [4.69, 9.17) is 5.53 Å². The predicted molar refractivity (Wildman–Crippen MR) is 70.9 cm³/mol. The summed E-state index contributed by atoms with van der Waals surface area (Å²) in [6.45, 7) is 0. The van der Waals surface area contributed by atoms with Gasteiger partial charge in [0.15, 0.2) is 6.10 Å². The number of carbonyl (C=O) groups excluding carboxylic acids is 3. The van der Waals surface area contributed by atoms with E-state index in [-0.39, 0.29) is 16.3 Å². The molecule has 0 aliphatic carbocycles. The molecule has 1 aliphatic rings. The van der Waals surface area contributed by atoms with E-state index in [2.05, 4.69) is 19.0 Å². The van der Waals surface area contributed by atoms with E-state index in [0.717, 1.165) is 0 Å². The second-order valence-electron chi connectivity index (χ2n) is 4.13. The standard InChI is InChI=1S/C11H8N4O7S/c12-14-13-7-3-1-6(2-4-7)11(18)21-15-9(16)5-8(10(15)17)22-23(19)20/h1-4,8H,5H2,(H,19,20)/p-1. The Labute approximate surface area is 130 Å². The van der Waals surface area contributed by atoms with Crippen LogP contribution in [0.15, 0.2) is 29.4 Å². The summed E-state index contributed by atoms with van der Waals surface area (Å²) < 4.78 is 25.0. The number of azide groups is 1. The number of amides is 2. The Morgan fingerprint density at radius 1 is 1.39 bits per heavy atom. The Balaban J connectivity index is 2.07. The van der Waals surface area contributed by atoms with Gasteiger partial charge in [-0.1, -0.05) is 22.3 Å². The number of carbonyl (C=O) groups is 3. The Morgan fingerprint density at radius 2 is 2.04 bits per heavy atom. The van der Waals surface area contributed by atoms with Gasteiger partial charge in [0.2, 0.25) is 0 Å². The molecule has 1 saturated heterocycles. The molecule has 2 rings (SSSR count). The second kappa shape index (κ2) is 6.98. The minimum Gasteiger partial charge on any atom is -0.750 e. The molecule has 0 aromatic heterocycles. The number of hydroxylamine groups is 2. The van der Waals surface area contributed by atoms with Gasteiger partial charge in [0.25, 0.3) is 11.8 Å². The highest BCUT2D eigenvalue weighted by Crippen LogP contribution is 2.19. The molecule has 1 aliphatic heterocycles. The topological polar surface area (TPSA) is 162 Å². The Hall–Kier alpha value is -2.79. The molecule has 11 nitrogen and oxygen atoms in total. The molecule has 0 saturated carbocycles. The van der Waals surface area contributed by atoms with Crippen molar-refractivity contribution in [2.24, 2.45) is 5.11 Å². The highest BCUT2D eigenvalue weighted by Gasteiger charge is 2.43. The van der Waals surface area contributed by atoms with E-state index >= 15 is 0 Å². The molecule has 1 fully saturated rings. The van der Waals surface area contributed by atoms with Crippen LogP contribution in [0.1, 0.15) is 16.8 Å². The van der Waals surface area contributed by atoms with Crippen molar-refractivity contribution in [1.29, 1.82) is 0 Å². The molecule has 23 heavy (non-hydrogen) atoms. The van der Waals surface area contributed by atoms with Crippen molar-refractivity contribution < 1.29 is 32.2 Å². The van der Waals surface area contributed by atoms with E-state index in [9.17, 15) is 23.1 Å². The van der Waals surface area contributed by atoms with Crippen LogP contribution in [-0.4, -0.2) is 37.7 Å². The molecular weight excluding hydrogens is 332 g/mol. The van der Waals surface area contributed by atoms with Crippen LogP contribution >= 0.6 is 0 Å². The van der Waals surface area contributed by atoms with Gasteiger partial charge in [0.05, 0.1) is 23.3 Å². The highest BCUT2D eigenvalue weighted by atomic mass is 32.2. The zero-order valence-corrected chi connectivity index (χ0v) is 12.0. The van der Waals surface area contributed by atoms with Crippen molar-refractivity contribution in [1.82, 2.24) is 5.06 Å². The number of hydrogen-bond acceptors (Lipinski definition) is 8. The van der Waals surface area contributed by atoms with Crippen LogP contribution in [0.5, 0.6) is 0 Å². The maximum absolute atomic E-state index is 11.9. The fourth-order valence-corrected chi connectivity index (χ4v) is 2.04. The van der Waals surface area contributed by atoms with Crippen LogP contribution in [0, 0.1) is 0 Å². The van der Waals surface area contributed by atoms with Crippen LogP contribution in [0.3, 0.4) is 0 Å². The molecule has 1 aromatic rings. The van der Waals surface area contributed by atoms with Gasteiger partial charge in [0, 0.05) is 10.6 Å². The van der Waals surface area contributed by atoms with Gasteiger partial charge in [-0.25, -0.2) is 9.00 Å². The van der Waals surface area contributed by atoms with E-state index in [1.807, 2.05) is 0 Å². The first-order valence-electron chi connectivity index (χ1n) is 5.93. The molecule has 0 radical (unpaired) electrons. The Morgan fingerprint density at radius 3 is 2.61 bits per heavy atom. The molecule has 2 amide bonds. The summed E-state index contributed by atoms with van der Waals surface area (Å²) in [6, 6.07) is 5.18. The van der Waals surface area contributed by atoms with Crippen LogP contribution < -0.4 is 0 Å². The van der Waals surface area contributed by atoms with E-state index in [1.165, 1.54) is 24.3 Å². The molecule has 0 bridgehead atoms. The van der Waals surface area contributed by atoms with E-state index < -0.39 is 41.7 Å². The molecule has 12 heteroatoms. The lowest BCUT2D eigenvalue weighted by atomic mass is 10.2. The summed E-state index contributed by atoms with van der Waals surface area (Å²) in [5, 5.41) is 3.46. The van der Waals surface area contributed by atoms with Crippen molar-refractivity contribution in [3.63, 3.8) is 0 Å². The van der Waals surface area contributed by atoms with Gasteiger partial charge in [-0.15, -0.1) is 0 Å². The lowest BCUT2D eigenvalue weighted by molar-refractivity contribution is -0.174. The van der Waals surface area contributed by atoms with E-state index in [1.54, 1.807) is 0 Å². The fourth-order valence-electron chi connectivity index (χ4n) is 1.70. The highest BCUT2D eigenvalue weighted by molar-refractivity contribution is 7.74. The molecule has 1 aromatic carbocycles. The number of benzene rings is 1. The lowest BCUT2D eigenvalue weighted by Gasteiger charge is -2.14. The van der Waals surface area contributed by atoms with Crippen LogP contribution in [-0.2, 0) is 30.0 Å². The van der Waals surface area contributed by atoms with Gasteiger partial charge in [-0.3, -0.25) is 13.8 Å². The number of hydrogen-bond donors (Lipinski definition) is 0. The third-order valence-electron chi connectivity index (χ3n) is 2.69. The molecule has 2 unspecified atom stereocenters. The van der Waals surface area contributed by atoms with Crippen LogP contribution in [0.2, 0.25) is 0 Å². The van der Waals surface area contributed by atoms with Gasteiger partial charge in [-0.2, -0.15) is 0 Å². The molecule has 120 valence electrons. The van der Waals surface area contributed by atoms with Crippen molar-refractivity contribution in [2.75, 3.05) is 0 Å². The first-order chi connectivity index (χ1) is 10.9. The third-order valence-corrected chi connectivity index (χ3v) is 3.08. The van der Waals surface area contributed by atoms with Gasteiger partial charge >= 0.3 is 5.97 Å². The largest absolute Gasteiger partial charge is 0.750 e. The first kappa shape index (κ1) is 16.6. The summed E-state index contributed by atoms with van der Waals surface area (Å²) in [5.41, 5.74) is 8.50. The minimum atomic E-state index is -2.99. The SMILES string of the molecule is [N-]=[N+]=Nc1ccc(C(=O)ON2C(=O)CC(OS(=O)[O-])C2=O)cc1. The van der Waals surface area contributed by atoms with Crippen molar-refractivity contribution in [3.8, 4) is 0 Å². The molecule has 0 N–H and O–H groups in total. The fraction of sp³-hybridized carbons (Fsp3) is 0.182. The maximum Gasteiger partial charge on any atom is 0.363 e. The average molecular weight is 339 g/mol. The summed E-state index contributed by atoms with van der Waals surface area (Å²) in [7, 11) is 0. The Kier molecular flexibility index (Phi) is 5.03. The van der Waals surface area contributed by atoms with Gasteiger partial charge < -0.3 is 9.39 Å². The second-order valence-corrected chi connectivity index (χ2v) is 4.74. The normalized spacial score (nSPS) is 18.5. The maximum atomic E-state index is 11.9. The predicted octanol–water partition coefficient (Wildman–Crippen LogP) is 0.638. The molecule has 2 atom stereocenters. The summed E-state index contributed by atoms with van der Waals surface area (Å²) >= 11 is -2.99. The van der Waals surface area contributed by atoms with Crippen molar-refractivity contribution in [3.05, 3.63) is 40.3 Å². The van der Waals surface area contributed by atoms with E-state index in [0.29, 0.717) is 0 Å². The number of imide groups is 1. The third kappa shape index (κ3) is 3.90. The zero-order chi connectivity index (χ0) is 17.0. The zero-order valence-electron chi connectivity index (χ0n) is 11.1. The number of rotatable bonds is 5. The Bertz CT molecular complexity index is 728. The number of nitrogens with zero attached hydrogens (tertiary/aromatic N) is 4. The van der Waals surface area contributed by atoms with Crippen LogP contribution in [0.25, 0.3) is 10.4 Å². The smallest absolute Gasteiger partial charge is 0.363 e. The quantitative estimate of drug-likeness (QED) is 0.250. The van der Waals surface area contributed by atoms with Crippen molar-refractivity contribution >= 4 is 34.8 Å². The summed E-state index contributed by atoms with van der Waals surface area (Å²) in [5.74, 6) is -3.04. The van der Waals surface area contributed by atoms with Gasteiger partial charge in [-0.05, 0) is 17.7 Å². The van der Waals surface area contributed by atoms with Crippen molar-refractivity contribution in [2.45, 2.75) is 12.5 Å². The van der Waals surface area contributed by atoms with Crippen LogP contribution in [0.4, 0.5) is 5.69 Å². The first-order valence-corrected chi connectivity index (χ1v) is 6.93. The average Bonchev–Trinajstić information content (AvgIpc) is 2.75. The summed E-state index contributed by atoms with van der Waals surface area (Å²) in [4.78, 5) is 42.4. The lowest BCUT2D eigenvalue weighted by Crippen LogP contribution is -2.35. The van der Waals surface area contributed by atoms with Gasteiger partial charge in [0.1, 0.15) is 0 Å². The minimum absolute atomic E-state index is 0.0146. The molecule has 1 heterocycles. The molecule has 0 spiro atoms. The summed E-state index contributed by atoms with van der Waals surface area (Å²) in [6.07, 6.45) is -2.11. The monoisotopic (exact) mass is 339 g/mol.